The van der Waals surface area contributed by atoms with E-state index in [0.29, 0.717) is 14.4 Å². The molecule has 0 saturated heterocycles. The largest absolute Gasteiger partial charge is 0.478 e. The monoisotopic (exact) mass is 498 g/mol. The van der Waals surface area contributed by atoms with Crippen LogP contribution in [0.1, 0.15) is 45.1 Å². The van der Waals surface area contributed by atoms with E-state index in [-0.39, 0.29) is 17.2 Å². The van der Waals surface area contributed by atoms with E-state index >= 15 is 0 Å². The number of thiazole rings is 1. The molecule has 0 bridgehead atoms. The van der Waals surface area contributed by atoms with Crippen LogP contribution in [0.15, 0.2) is 88.2 Å². The standard InChI is InChI=1S/C28H19ClN2O3S/c29-22-8-4-3-7-20(22)25-21-14-13-17-5-1-2-6-19(17)24(21)30-28-31(25)26(32)23(35-28)15-16-9-11-18(12-10-16)27(33)34/h1-12,15,25H,13-14H2,(H,33,34). The van der Waals surface area contributed by atoms with Crippen molar-refractivity contribution in [3.63, 3.8) is 0 Å². The second-order valence-corrected chi connectivity index (χ2v) is 9.98. The highest BCUT2D eigenvalue weighted by Gasteiger charge is 2.33. The van der Waals surface area contributed by atoms with E-state index in [4.69, 9.17) is 21.7 Å². The van der Waals surface area contributed by atoms with Crippen molar-refractivity contribution in [2.24, 2.45) is 4.99 Å². The number of benzene rings is 3. The second kappa shape index (κ2) is 8.48. The summed E-state index contributed by atoms with van der Waals surface area (Å²) < 4.78 is 2.30. The maximum Gasteiger partial charge on any atom is 0.335 e. The van der Waals surface area contributed by atoms with Gasteiger partial charge in [0.1, 0.15) is 0 Å². The van der Waals surface area contributed by atoms with E-state index in [2.05, 4.69) is 12.1 Å². The number of hydrogen-bond donors (Lipinski definition) is 1. The van der Waals surface area contributed by atoms with Crippen LogP contribution in [0.5, 0.6) is 0 Å². The van der Waals surface area contributed by atoms with Crippen LogP contribution in [-0.4, -0.2) is 15.6 Å². The number of carboxylic acids is 1. The Balaban J connectivity index is 1.59. The molecule has 1 atom stereocenters. The molecule has 1 aliphatic carbocycles. The number of rotatable bonds is 3. The van der Waals surface area contributed by atoms with Crippen molar-refractivity contribution >= 4 is 40.7 Å². The van der Waals surface area contributed by atoms with Gasteiger partial charge >= 0.3 is 5.97 Å². The summed E-state index contributed by atoms with van der Waals surface area (Å²) >= 11 is 8.00. The lowest BCUT2D eigenvalue weighted by molar-refractivity contribution is 0.0697. The summed E-state index contributed by atoms with van der Waals surface area (Å²) in [6.45, 7) is 0. The van der Waals surface area contributed by atoms with Crippen LogP contribution in [-0.2, 0) is 6.42 Å². The topological polar surface area (TPSA) is 71.7 Å². The molecule has 0 saturated carbocycles. The maximum absolute atomic E-state index is 13.7. The minimum Gasteiger partial charge on any atom is -0.478 e. The van der Waals surface area contributed by atoms with Crippen molar-refractivity contribution in [1.82, 2.24) is 4.57 Å². The SMILES string of the molecule is O=C(O)c1ccc(C=c2sc3n(c2=O)C(c2ccccc2Cl)C2=C(N=3)c3ccccc3CC2)cc1. The first-order chi connectivity index (χ1) is 17.0. The smallest absolute Gasteiger partial charge is 0.335 e. The van der Waals surface area contributed by atoms with Gasteiger partial charge in [0.15, 0.2) is 4.80 Å². The lowest BCUT2D eigenvalue weighted by Crippen LogP contribution is -2.38. The molecule has 35 heavy (non-hydrogen) atoms. The van der Waals surface area contributed by atoms with E-state index in [1.807, 2.05) is 36.4 Å². The fraction of sp³-hybridized carbons (Fsp3) is 0.107. The molecule has 2 aliphatic rings. The predicted molar refractivity (Wildman–Crippen MR) is 138 cm³/mol. The first-order valence-electron chi connectivity index (χ1n) is 11.2. The molecule has 1 aliphatic heterocycles. The number of fused-ring (bicyclic) bond motifs is 3. The molecule has 6 rings (SSSR count). The van der Waals surface area contributed by atoms with E-state index in [9.17, 15) is 9.59 Å². The zero-order chi connectivity index (χ0) is 24.1. The van der Waals surface area contributed by atoms with Crippen molar-refractivity contribution in [2.75, 3.05) is 0 Å². The maximum atomic E-state index is 13.7. The van der Waals surface area contributed by atoms with E-state index < -0.39 is 5.97 Å². The van der Waals surface area contributed by atoms with Gasteiger partial charge in [0.05, 0.1) is 21.8 Å². The van der Waals surface area contributed by atoms with Gasteiger partial charge in [0.25, 0.3) is 5.56 Å². The minimum atomic E-state index is -0.985. The molecule has 4 aromatic rings. The first-order valence-corrected chi connectivity index (χ1v) is 12.4. The van der Waals surface area contributed by atoms with Crippen molar-refractivity contribution in [3.05, 3.63) is 131 Å². The third-order valence-corrected chi connectivity index (χ3v) is 7.86. The molecule has 3 aromatic carbocycles. The van der Waals surface area contributed by atoms with Gasteiger partial charge in [-0.1, -0.05) is 77.5 Å². The van der Waals surface area contributed by atoms with Crippen molar-refractivity contribution in [1.29, 1.82) is 0 Å². The Kier molecular flexibility index (Phi) is 5.28. The van der Waals surface area contributed by atoms with Gasteiger partial charge in [0, 0.05) is 10.6 Å². The Hall–Kier alpha value is -3.74. The van der Waals surface area contributed by atoms with Gasteiger partial charge in [-0.15, -0.1) is 0 Å². The zero-order valence-electron chi connectivity index (χ0n) is 18.4. The Bertz CT molecular complexity index is 1710. The Morgan fingerprint density at radius 2 is 1.77 bits per heavy atom. The van der Waals surface area contributed by atoms with Crippen LogP contribution in [0.4, 0.5) is 0 Å². The summed E-state index contributed by atoms with van der Waals surface area (Å²) in [5.41, 5.74) is 6.09. The summed E-state index contributed by atoms with van der Waals surface area (Å²) in [6, 6.07) is 22.1. The number of hydrogen-bond acceptors (Lipinski definition) is 4. The molecule has 2 heterocycles. The summed E-state index contributed by atoms with van der Waals surface area (Å²) in [7, 11) is 0. The highest BCUT2D eigenvalue weighted by molar-refractivity contribution is 7.07. The van der Waals surface area contributed by atoms with Crippen LogP contribution in [0, 0.1) is 0 Å². The van der Waals surface area contributed by atoms with Gasteiger partial charge in [-0.25, -0.2) is 9.79 Å². The number of carboxylic acid groups (broad SMARTS) is 1. The second-order valence-electron chi connectivity index (χ2n) is 8.56. The molecular weight excluding hydrogens is 480 g/mol. The van der Waals surface area contributed by atoms with Crippen molar-refractivity contribution in [3.8, 4) is 0 Å². The van der Waals surface area contributed by atoms with Crippen molar-refractivity contribution in [2.45, 2.75) is 18.9 Å². The normalized spacial score (nSPS) is 16.8. The Morgan fingerprint density at radius 3 is 2.54 bits per heavy atom. The average molecular weight is 499 g/mol. The number of halogens is 1. The quantitative estimate of drug-likeness (QED) is 0.446. The highest BCUT2D eigenvalue weighted by atomic mass is 35.5. The molecule has 7 heteroatoms. The van der Waals surface area contributed by atoms with Gasteiger partial charge in [-0.2, -0.15) is 0 Å². The molecule has 1 N–H and O–H groups in total. The molecular formula is C28H19ClN2O3S. The molecule has 0 spiro atoms. The summed E-state index contributed by atoms with van der Waals surface area (Å²) in [5.74, 6) is -0.985. The van der Waals surface area contributed by atoms with Crippen LogP contribution >= 0.6 is 22.9 Å². The summed E-state index contributed by atoms with van der Waals surface area (Å²) in [4.78, 5) is 30.5. The van der Waals surface area contributed by atoms with Crippen LogP contribution < -0.4 is 14.9 Å². The van der Waals surface area contributed by atoms with Crippen molar-refractivity contribution < 1.29 is 9.90 Å². The number of allylic oxidation sites excluding steroid dienone is 1. The first kappa shape index (κ1) is 21.8. The lowest BCUT2D eigenvalue weighted by atomic mass is 9.83. The Labute approximate surface area is 209 Å². The molecule has 1 aromatic heterocycles. The molecule has 0 radical (unpaired) electrons. The van der Waals surface area contributed by atoms with Gasteiger partial charge in [0.2, 0.25) is 0 Å². The van der Waals surface area contributed by atoms with Crippen LogP contribution in [0.3, 0.4) is 0 Å². The Morgan fingerprint density at radius 1 is 1.03 bits per heavy atom. The lowest BCUT2D eigenvalue weighted by Gasteiger charge is -2.31. The number of aromatic nitrogens is 1. The summed E-state index contributed by atoms with van der Waals surface area (Å²) in [6.07, 6.45) is 3.47. The third kappa shape index (κ3) is 3.66. The fourth-order valence-electron chi connectivity index (χ4n) is 4.87. The molecule has 0 amide bonds. The van der Waals surface area contributed by atoms with Gasteiger partial charge < -0.3 is 5.11 Å². The molecule has 5 nitrogen and oxygen atoms in total. The van der Waals surface area contributed by atoms with Gasteiger partial charge in [-0.3, -0.25) is 9.36 Å². The third-order valence-electron chi connectivity index (χ3n) is 6.53. The number of carbonyl (C=O) groups is 1. The van der Waals surface area contributed by atoms with Crippen LogP contribution in [0.2, 0.25) is 5.02 Å². The minimum absolute atomic E-state index is 0.133. The van der Waals surface area contributed by atoms with E-state index in [0.717, 1.165) is 40.8 Å². The van der Waals surface area contributed by atoms with E-state index in [1.165, 1.54) is 29.0 Å². The number of nitrogens with zero attached hydrogens (tertiary/aromatic N) is 2. The molecule has 1 unspecified atom stereocenters. The van der Waals surface area contributed by atoms with Gasteiger partial charge in [-0.05, 0) is 59.4 Å². The predicted octanol–water partition coefficient (Wildman–Crippen LogP) is 4.67. The van der Waals surface area contributed by atoms with E-state index in [1.54, 1.807) is 22.8 Å². The van der Waals surface area contributed by atoms with Crippen LogP contribution in [0.25, 0.3) is 11.8 Å². The zero-order valence-corrected chi connectivity index (χ0v) is 20.0. The number of aromatic carboxylic acids is 1. The molecule has 0 fully saturated rings. The summed E-state index contributed by atoms with van der Waals surface area (Å²) in [5, 5.41) is 9.78. The fourth-order valence-corrected chi connectivity index (χ4v) is 6.11. The number of aryl methyl sites for hydroxylation is 1. The molecule has 172 valence electrons. The highest BCUT2D eigenvalue weighted by Crippen LogP contribution is 2.42. The average Bonchev–Trinajstić information content (AvgIpc) is 3.18.